The van der Waals surface area contributed by atoms with E-state index in [1.165, 1.54) is 12.1 Å². The number of oxime groups is 1. The third-order valence-corrected chi connectivity index (χ3v) is 3.65. The maximum Gasteiger partial charge on any atom is 0.417 e. The Morgan fingerprint density at radius 3 is 2.25 bits per heavy atom. The van der Waals surface area contributed by atoms with Crippen LogP contribution < -0.4 is 4.84 Å². The average molecular weight is 376 g/mol. The van der Waals surface area contributed by atoms with E-state index in [1.807, 2.05) is 6.92 Å². The molecule has 0 aliphatic heterocycles. The van der Waals surface area contributed by atoms with Gasteiger partial charge in [-0.2, -0.15) is 13.2 Å². The fraction of sp³-hybridized carbons (Fsp3) is 0.235. The number of nitrogens with zero attached hydrogens (tertiary/aromatic N) is 1. The molecule has 0 atom stereocenters. The van der Waals surface area contributed by atoms with Gasteiger partial charge >= 0.3 is 6.18 Å². The Hall–Kier alpha value is -1.72. The van der Waals surface area contributed by atoms with Crippen LogP contribution in [-0.2, 0) is 6.18 Å². The molecule has 0 saturated carbocycles. The topological polar surface area (TPSA) is 21.6 Å². The Morgan fingerprint density at radius 1 is 1.04 bits per heavy atom. The molecular weight excluding hydrogens is 362 g/mol. The second-order valence-corrected chi connectivity index (χ2v) is 5.89. The zero-order chi connectivity index (χ0) is 17.7. The second kappa shape index (κ2) is 7.90. The van der Waals surface area contributed by atoms with Crippen molar-refractivity contribution in [2.75, 3.05) is 0 Å². The zero-order valence-electron chi connectivity index (χ0n) is 12.7. The van der Waals surface area contributed by atoms with Crippen molar-refractivity contribution in [2.45, 2.75) is 25.9 Å². The molecule has 0 amide bonds. The number of alkyl halides is 3. The van der Waals surface area contributed by atoms with Crippen LogP contribution in [-0.4, -0.2) is 5.71 Å². The SMILES string of the molecule is CCC/C(=N\Oc1ccc(Cl)cc1)c1cc(Cl)ccc1C(F)(F)F. The van der Waals surface area contributed by atoms with E-state index in [0.29, 0.717) is 23.6 Å². The Bertz CT molecular complexity index is 728. The molecule has 24 heavy (non-hydrogen) atoms. The molecule has 2 rings (SSSR count). The van der Waals surface area contributed by atoms with E-state index >= 15 is 0 Å². The molecule has 0 spiro atoms. The van der Waals surface area contributed by atoms with Crippen LogP contribution in [0.3, 0.4) is 0 Å². The molecule has 0 unspecified atom stereocenters. The molecule has 0 heterocycles. The van der Waals surface area contributed by atoms with Crippen LogP contribution in [0.15, 0.2) is 47.6 Å². The smallest absolute Gasteiger partial charge is 0.357 e. The summed E-state index contributed by atoms with van der Waals surface area (Å²) in [4.78, 5) is 5.26. The van der Waals surface area contributed by atoms with Crippen LogP contribution in [0.2, 0.25) is 10.0 Å². The highest BCUT2D eigenvalue weighted by Crippen LogP contribution is 2.34. The molecule has 0 aliphatic carbocycles. The molecule has 2 aromatic rings. The minimum Gasteiger partial charge on any atom is -0.357 e. The molecule has 0 aliphatic rings. The highest BCUT2D eigenvalue weighted by Gasteiger charge is 2.34. The predicted molar refractivity (Wildman–Crippen MR) is 90.0 cm³/mol. The van der Waals surface area contributed by atoms with Crippen LogP contribution >= 0.6 is 23.2 Å². The van der Waals surface area contributed by atoms with E-state index in [2.05, 4.69) is 5.16 Å². The summed E-state index contributed by atoms with van der Waals surface area (Å²) in [5.41, 5.74) is -0.688. The van der Waals surface area contributed by atoms with Crippen molar-refractivity contribution in [2.24, 2.45) is 5.16 Å². The Morgan fingerprint density at radius 2 is 1.67 bits per heavy atom. The zero-order valence-corrected chi connectivity index (χ0v) is 14.2. The maximum atomic E-state index is 13.2. The van der Waals surface area contributed by atoms with E-state index in [0.717, 1.165) is 6.07 Å². The first-order chi connectivity index (χ1) is 11.3. The second-order valence-electron chi connectivity index (χ2n) is 5.02. The summed E-state index contributed by atoms with van der Waals surface area (Å²) in [6, 6.07) is 9.78. The summed E-state index contributed by atoms with van der Waals surface area (Å²) in [5, 5.41) is 4.64. The molecule has 0 radical (unpaired) electrons. The lowest BCUT2D eigenvalue weighted by Gasteiger charge is -2.14. The first kappa shape index (κ1) is 18.6. The lowest BCUT2D eigenvalue weighted by molar-refractivity contribution is -0.137. The first-order valence-corrected chi connectivity index (χ1v) is 7.93. The average Bonchev–Trinajstić information content (AvgIpc) is 2.51. The predicted octanol–water partition coefficient (Wildman–Crippen LogP) is 6.60. The van der Waals surface area contributed by atoms with Crippen LogP contribution in [0.4, 0.5) is 13.2 Å². The van der Waals surface area contributed by atoms with E-state index in [-0.39, 0.29) is 16.3 Å². The molecule has 0 aromatic heterocycles. The number of halogens is 5. The van der Waals surface area contributed by atoms with Gasteiger partial charge in [-0.05, 0) is 48.9 Å². The fourth-order valence-corrected chi connectivity index (χ4v) is 2.37. The molecular formula is C17H14Cl2F3NO. The fourth-order valence-electron chi connectivity index (χ4n) is 2.07. The minimum absolute atomic E-state index is 0.0780. The molecule has 0 bridgehead atoms. The van der Waals surface area contributed by atoms with Gasteiger partial charge in [0.25, 0.3) is 0 Å². The van der Waals surface area contributed by atoms with Gasteiger partial charge in [0.15, 0.2) is 5.75 Å². The lowest BCUT2D eigenvalue weighted by Crippen LogP contribution is -2.14. The molecule has 7 heteroatoms. The summed E-state index contributed by atoms with van der Waals surface area (Å²) in [7, 11) is 0. The summed E-state index contributed by atoms with van der Waals surface area (Å²) >= 11 is 11.6. The van der Waals surface area contributed by atoms with Crippen molar-refractivity contribution < 1.29 is 18.0 Å². The van der Waals surface area contributed by atoms with Crippen molar-refractivity contribution in [3.05, 3.63) is 63.6 Å². The van der Waals surface area contributed by atoms with E-state index in [4.69, 9.17) is 28.0 Å². The van der Waals surface area contributed by atoms with Gasteiger partial charge in [-0.15, -0.1) is 0 Å². The molecule has 0 saturated heterocycles. The molecule has 2 nitrogen and oxygen atoms in total. The number of hydrogen-bond donors (Lipinski definition) is 0. The van der Waals surface area contributed by atoms with Crippen molar-refractivity contribution in [3.8, 4) is 5.75 Å². The van der Waals surface area contributed by atoms with E-state index < -0.39 is 11.7 Å². The van der Waals surface area contributed by atoms with E-state index in [9.17, 15) is 13.2 Å². The van der Waals surface area contributed by atoms with Gasteiger partial charge < -0.3 is 4.84 Å². The normalized spacial score (nSPS) is 12.3. The van der Waals surface area contributed by atoms with Crippen LogP contribution in [0.1, 0.15) is 30.9 Å². The molecule has 0 fully saturated rings. The van der Waals surface area contributed by atoms with Crippen molar-refractivity contribution in [1.29, 1.82) is 0 Å². The Labute approximate surface area is 147 Å². The van der Waals surface area contributed by atoms with Gasteiger partial charge in [-0.25, -0.2) is 0 Å². The summed E-state index contributed by atoms with van der Waals surface area (Å²) in [6.07, 6.45) is -3.58. The van der Waals surface area contributed by atoms with Gasteiger partial charge in [0, 0.05) is 15.6 Å². The minimum atomic E-state index is -4.51. The summed E-state index contributed by atoms with van der Waals surface area (Å²) < 4.78 is 39.7. The molecule has 128 valence electrons. The lowest BCUT2D eigenvalue weighted by atomic mass is 9.99. The number of benzene rings is 2. The quantitative estimate of drug-likeness (QED) is 0.426. The van der Waals surface area contributed by atoms with Crippen molar-refractivity contribution in [1.82, 2.24) is 0 Å². The number of rotatable bonds is 5. The maximum absolute atomic E-state index is 13.2. The molecule has 0 N–H and O–H groups in total. The Balaban J connectivity index is 2.41. The van der Waals surface area contributed by atoms with Gasteiger partial charge in [0.2, 0.25) is 0 Å². The van der Waals surface area contributed by atoms with Crippen molar-refractivity contribution >= 4 is 28.9 Å². The highest BCUT2D eigenvalue weighted by atomic mass is 35.5. The van der Waals surface area contributed by atoms with Crippen LogP contribution in [0.25, 0.3) is 0 Å². The largest absolute Gasteiger partial charge is 0.417 e. The monoisotopic (exact) mass is 375 g/mol. The highest BCUT2D eigenvalue weighted by molar-refractivity contribution is 6.31. The van der Waals surface area contributed by atoms with Gasteiger partial charge in [-0.3, -0.25) is 0 Å². The number of hydrogen-bond acceptors (Lipinski definition) is 2. The van der Waals surface area contributed by atoms with Gasteiger partial charge in [-0.1, -0.05) is 41.7 Å². The van der Waals surface area contributed by atoms with E-state index in [1.54, 1.807) is 24.3 Å². The standard InChI is InChI=1S/C17H14Cl2F3NO/c1-2-3-16(23-24-13-7-4-11(18)5-8-13)14-10-12(19)6-9-15(14)17(20,21)22/h4-10H,2-3H2,1H3/b23-16+. The van der Waals surface area contributed by atoms with Crippen LogP contribution in [0.5, 0.6) is 5.75 Å². The summed E-state index contributed by atoms with van der Waals surface area (Å²) in [6.45, 7) is 1.84. The van der Waals surface area contributed by atoms with Gasteiger partial charge in [0.1, 0.15) is 0 Å². The van der Waals surface area contributed by atoms with Crippen molar-refractivity contribution in [3.63, 3.8) is 0 Å². The van der Waals surface area contributed by atoms with Crippen LogP contribution in [0, 0.1) is 0 Å². The third kappa shape index (κ3) is 4.89. The first-order valence-electron chi connectivity index (χ1n) is 7.18. The van der Waals surface area contributed by atoms with Gasteiger partial charge in [0.05, 0.1) is 11.3 Å². The molecule has 2 aromatic carbocycles. The summed E-state index contributed by atoms with van der Waals surface area (Å²) in [5.74, 6) is 0.378. The third-order valence-electron chi connectivity index (χ3n) is 3.16. The Kier molecular flexibility index (Phi) is 6.13.